The fourth-order valence-electron chi connectivity index (χ4n) is 7.20. The lowest BCUT2D eigenvalue weighted by Crippen LogP contribution is -2.04. The number of allylic oxidation sites excluding steroid dienone is 4. The van der Waals surface area contributed by atoms with Crippen molar-refractivity contribution in [1.82, 2.24) is 0 Å². The summed E-state index contributed by atoms with van der Waals surface area (Å²) in [5, 5.41) is 6.09. The molecule has 2 nitrogen and oxygen atoms in total. The van der Waals surface area contributed by atoms with Crippen molar-refractivity contribution in [1.29, 1.82) is 0 Å². The number of anilines is 2. The van der Waals surface area contributed by atoms with E-state index in [9.17, 15) is 0 Å². The van der Waals surface area contributed by atoms with E-state index >= 15 is 0 Å². The second-order valence-electron chi connectivity index (χ2n) is 13.0. The highest BCUT2D eigenvalue weighted by Gasteiger charge is 2.19. The fraction of sp³-hybridized carbons (Fsp3) is 0.0417. The van der Waals surface area contributed by atoms with Gasteiger partial charge < -0.3 is 9.73 Å². The van der Waals surface area contributed by atoms with Crippen LogP contribution in [0.15, 0.2) is 193 Å². The van der Waals surface area contributed by atoms with Crippen LogP contribution in [0.5, 0.6) is 0 Å². The predicted molar refractivity (Wildman–Crippen MR) is 211 cm³/mol. The lowest BCUT2D eigenvalue weighted by molar-refractivity contribution is 0.669. The molecule has 0 fully saturated rings. The Kier molecular flexibility index (Phi) is 7.68. The standard InChI is InChI=1S/C48H35NO/c1-3-11-33(12-4-1)35-21-25-42(26-22-35)49-46-27-23-39(37-16-9-15-36(29-37)34-13-5-2-6-14-34)31-44(46)41-18-10-17-38(30-41)40-24-28-48-45(32-40)43-19-7-8-20-47(43)50-48/h1-17,19-32,41,49H,18H2/t41-/m1/s1. The van der Waals surface area contributed by atoms with Crippen molar-refractivity contribution in [3.8, 4) is 33.4 Å². The molecule has 0 amide bonds. The third kappa shape index (κ3) is 5.82. The number of hydrogen-bond donors (Lipinski definition) is 1. The maximum Gasteiger partial charge on any atom is 0.135 e. The number of fused-ring (bicyclic) bond motifs is 3. The highest BCUT2D eigenvalue weighted by Crippen LogP contribution is 2.40. The summed E-state index contributed by atoms with van der Waals surface area (Å²) < 4.78 is 6.14. The van der Waals surface area contributed by atoms with Crippen molar-refractivity contribution in [2.24, 2.45) is 0 Å². The third-order valence-corrected chi connectivity index (χ3v) is 9.80. The van der Waals surface area contributed by atoms with Gasteiger partial charge in [0, 0.05) is 28.1 Å². The Morgan fingerprint density at radius 2 is 1.06 bits per heavy atom. The van der Waals surface area contributed by atoms with Crippen molar-refractivity contribution in [2.45, 2.75) is 12.3 Å². The second kappa shape index (κ2) is 12.9. The number of furan rings is 1. The van der Waals surface area contributed by atoms with E-state index < -0.39 is 0 Å². The minimum Gasteiger partial charge on any atom is -0.456 e. The summed E-state index contributed by atoms with van der Waals surface area (Å²) in [6.45, 7) is 0. The first-order valence-electron chi connectivity index (χ1n) is 17.3. The van der Waals surface area contributed by atoms with Crippen molar-refractivity contribution in [2.75, 3.05) is 5.32 Å². The number of hydrogen-bond acceptors (Lipinski definition) is 2. The Morgan fingerprint density at radius 1 is 0.460 bits per heavy atom. The molecule has 0 unspecified atom stereocenters. The van der Waals surface area contributed by atoms with Crippen LogP contribution in [0.25, 0.3) is 60.9 Å². The Balaban J connectivity index is 1.11. The highest BCUT2D eigenvalue weighted by atomic mass is 16.3. The number of benzene rings is 7. The van der Waals surface area contributed by atoms with Crippen LogP contribution < -0.4 is 5.32 Å². The van der Waals surface area contributed by atoms with Crippen LogP contribution in [0.1, 0.15) is 23.5 Å². The topological polar surface area (TPSA) is 25.2 Å². The summed E-state index contributed by atoms with van der Waals surface area (Å²) >= 11 is 0. The van der Waals surface area contributed by atoms with Crippen molar-refractivity contribution >= 4 is 38.9 Å². The molecule has 1 heterocycles. The van der Waals surface area contributed by atoms with E-state index in [2.05, 4.69) is 181 Å². The van der Waals surface area contributed by atoms with Gasteiger partial charge in [-0.3, -0.25) is 0 Å². The molecule has 8 aromatic rings. The fourth-order valence-corrected chi connectivity index (χ4v) is 7.20. The molecule has 1 aliphatic carbocycles. The smallest absolute Gasteiger partial charge is 0.135 e. The van der Waals surface area contributed by atoms with Crippen LogP contribution in [0.3, 0.4) is 0 Å². The largest absolute Gasteiger partial charge is 0.456 e. The average Bonchev–Trinajstić information content (AvgIpc) is 3.57. The lowest BCUT2D eigenvalue weighted by atomic mass is 9.85. The van der Waals surface area contributed by atoms with Crippen molar-refractivity contribution in [3.63, 3.8) is 0 Å². The van der Waals surface area contributed by atoms with E-state index in [1.165, 1.54) is 50.1 Å². The van der Waals surface area contributed by atoms with Gasteiger partial charge in [-0.25, -0.2) is 0 Å². The second-order valence-corrected chi connectivity index (χ2v) is 13.0. The zero-order valence-electron chi connectivity index (χ0n) is 27.6. The van der Waals surface area contributed by atoms with Gasteiger partial charge in [-0.2, -0.15) is 0 Å². The van der Waals surface area contributed by atoms with E-state index in [4.69, 9.17) is 4.42 Å². The summed E-state index contributed by atoms with van der Waals surface area (Å²) in [5.74, 6) is 0.190. The Hall–Kier alpha value is -6.38. The molecule has 0 bridgehead atoms. The van der Waals surface area contributed by atoms with Gasteiger partial charge in [0.2, 0.25) is 0 Å². The van der Waals surface area contributed by atoms with E-state index in [1.54, 1.807) is 0 Å². The van der Waals surface area contributed by atoms with Crippen LogP contribution in [0.2, 0.25) is 0 Å². The van der Waals surface area contributed by atoms with Gasteiger partial charge in [0.05, 0.1) is 0 Å². The number of nitrogens with one attached hydrogen (secondary N) is 1. The molecule has 2 heteroatoms. The van der Waals surface area contributed by atoms with Crippen LogP contribution >= 0.6 is 0 Å². The molecule has 0 radical (unpaired) electrons. The first kappa shape index (κ1) is 29.7. The van der Waals surface area contributed by atoms with Gasteiger partial charge in [0.1, 0.15) is 11.2 Å². The van der Waals surface area contributed by atoms with Gasteiger partial charge in [-0.15, -0.1) is 0 Å². The van der Waals surface area contributed by atoms with E-state index in [1.807, 2.05) is 12.1 Å². The van der Waals surface area contributed by atoms with Crippen LogP contribution in [-0.4, -0.2) is 0 Å². The summed E-state index contributed by atoms with van der Waals surface area (Å²) in [6.07, 6.45) is 7.95. The SMILES string of the molecule is C1=CC(c2ccc3oc4ccccc4c3c2)=C[C@H](c2cc(-c3cccc(-c4ccccc4)c3)ccc2Nc2ccc(-c3ccccc3)cc2)C1. The maximum atomic E-state index is 6.14. The van der Waals surface area contributed by atoms with Crippen LogP contribution in [0, 0.1) is 0 Å². The Bertz CT molecular complexity index is 2520. The molecule has 0 spiro atoms. The molecule has 1 N–H and O–H groups in total. The first-order chi connectivity index (χ1) is 24.7. The van der Waals surface area contributed by atoms with Gasteiger partial charge in [-0.05, 0) is 105 Å². The molecular weight excluding hydrogens is 607 g/mol. The first-order valence-corrected chi connectivity index (χ1v) is 17.3. The summed E-state index contributed by atoms with van der Waals surface area (Å²) in [7, 11) is 0. The van der Waals surface area contributed by atoms with Gasteiger partial charge in [0.25, 0.3) is 0 Å². The minimum absolute atomic E-state index is 0.190. The quantitative estimate of drug-likeness (QED) is 0.187. The molecule has 0 aliphatic heterocycles. The Morgan fingerprint density at radius 3 is 1.86 bits per heavy atom. The minimum atomic E-state index is 0.190. The van der Waals surface area contributed by atoms with Gasteiger partial charge >= 0.3 is 0 Å². The molecule has 9 rings (SSSR count). The molecule has 7 aromatic carbocycles. The van der Waals surface area contributed by atoms with Gasteiger partial charge in [0.15, 0.2) is 0 Å². The average molecular weight is 642 g/mol. The monoisotopic (exact) mass is 641 g/mol. The zero-order valence-corrected chi connectivity index (χ0v) is 27.6. The molecule has 0 saturated carbocycles. The molecule has 238 valence electrons. The van der Waals surface area contributed by atoms with E-state index in [0.29, 0.717) is 0 Å². The summed E-state index contributed by atoms with van der Waals surface area (Å²) in [6, 6.07) is 60.5. The number of rotatable bonds is 7. The van der Waals surface area contributed by atoms with Crippen LogP contribution in [0.4, 0.5) is 11.4 Å². The zero-order chi connectivity index (χ0) is 33.3. The highest BCUT2D eigenvalue weighted by molar-refractivity contribution is 6.06. The molecule has 0 saturated heterocycles. The normalized spacial score (nSPS) is 14.2. The summed E-state index contributed by atoms with van der Waals surface area (Å²) in [5.41, 5.74) is 15.0. The van der Waals surface area contributed by atoms with Crippen molar-refractivity contribution < 1.29 is 4.42 Å². The van der Waals surface area contributed by atoms with Crippen molar-refractivity contribution in [3.05, 3.63) is 199 Å². The molecular formula is C48H35NO. The number of para-hydroxylation sites is 1. The van der Waals surface area contributed by atoms with E-state index in [0.717, 1.165) is 39.7 Å². The predicted octanol–water partition coefficient (Wildman–Crippen LogP) is 13.5. The molecule has 1 aromatic heterocycles. The third-order valence-electron chi connectivity index (χ3n) is 9.80. The summed E-state index contributed by atoms with van der Waals surface area (Å²) in [4.78, 5) is 0. The Labute approximate surface area is 292 Å². The molecule has 1 atom stereocenters. The van der Waals surface area contributed by atoms with Crippen LogP contribution in [-0.2, 0) is 0 Å². The molecule has 1 aliphatic rings. The molecule has 50 heavy (non-hydrogen) atoms. The lowest BCUT2D eigenvalue weighted by Gasteiger charge is -2.23. The van der Waals surface area contributed by atoms with E-state index in [-0.39, 0.29) is 5.92 Å². The maximum absolute atomic E-state index is 6.14. The van der Waals surface area contributed by atoms with Gasteiger partial charge in [-0.1, -0.05) is 140 Å².